The molecule has 1 fully saturated rings. The van der Waals surface area contributed by atoms with Crippen LogP contribution in [0, 0.1) is 0 Å². The van der Waals surface area contributed by atoms with E-state index in [0.29, 0.717) is 30.3 Å². The third-order valence-corrected chi connectivity index (χ3v) is 4.03. The van der Waals surface area contributed by atoms with Gasteiger partial charge in [-0.2, -0.15) is 0 Å². The number of amides is 1. The third-order valence-electron chi connectivity index (χ3n) is 4.03. The van der Waals surface area contributed by atoms with Gasteiger partial charge in [0, 0.05) is 25.1 Å². The number of pyridine rings is 1. The van der Waals surface area contributed by atoms with Crippen LogP contribution in [0.4, 0.5) is 5.69 Å². The number of para-hydroxylation sites is 1. The van der Waals surface area contributed by atoms with Gasteiger partial charge >= 0.3 is 5.97 Å². The molecular formula is C19H20N2O5. The zero-order valence-electron chi connectivity index (χ0n) is 14.4. The molecule has 2 heterocycles. The van der Waals surface area contributed by atoms with Gasteiger partial charge in [0.1, 0.15) is 6.10 Å². The predicted molar refractivity (Wildman–Crippen MR) is 94.4 cm³/mol. The third kappa shape index (κ3) is 4.37. The normalized spacial score (nSPS) is 14.5. The number of carbonyl (C=O) groups excluding carboxylic acids is 2. The molecule has 1 aromatic carbocycles. The van der Waals surface area contributed by atoms with Crippen LogP contribution in [0.25, 0.3) is 0 Å². The van der Waals surface area contributed by atoms with E-state index in [2.05, 4.69) is 10.3 Å². The minimum absolute atomic E-state index is 0.0860. The summed E-state index contributed by atoms with van der Waals surface area (Å²) in [4.78, 5) is 28.4. The second-order valence-electron chi connectivity index (χ2n) is 5.81. The number of rotatable bonds is 5. The van der Waals surface area contributed by atoms with Crippen molar-refractivity contribution in [3.63, 3.8) is 0 Å². The Balaban J connectivity index is 1.66. The highest BCUT2D eigenvalue weighted by Gasteiger charge is 2.17. The summed E-state index contributed by atoms with van der Waals surface area (Å²) < 4.78 is 15.8. The van der Waals surface area contributed by atoms with E-state index in [-0.39, 0.29) is 17.6 Å². The summed E-state index contributed by atoms with van der Waals surface area (Å²) in [6, 6.07) is 9.95. The number of carbonyl (C=O) groups is 2. The van der Waals surface area contributed by atoms with Gasteiger partial charge in [-0.25, -0.2) is 9.78 Å². The number of ether oxygens (including phenoxy) is 3. The first-order valence-corrected chi connectivity index (χ1v) is 8.36. The topological polar surface area (TPSA) is 86.8 Å². The van der Waals surface area contributed by atoms with E-state index >= 15 is 0 Å². The Kier molecular flexibility index (Phi) is 5.80. The van der Waals surface area contributed by atoms with Gasteiger partial charge < -0.3 is 19.5 Å². The van der Waals surface area contributed by atoms with Crippen molar-refractivity contribution in [2.75, 3.05) is 25.6 Å². The zero-order chi connectivity index (χ0) is 18.4. The summed E-state index contributed by atoms with van der Waals surface area (Å²) in [7, 11) is 1.29. The Morgan fingerprint density at radius 3 is 2.62 bits per heavy atom. The molecule has 0 saturated carbocycles. The zero-order valence-corrected chi connectivity index (χ0v) is 14.4. The number of hydrogen-bond acceptors (Lipinski definition) is 6. The first-order chi connectivity index (χ1) is 12.7. The van der Waals surface area contributed by atoms with Crippen LogP contribution in [0.15, 0.2) is 42.6 Å². The van der Waals surface area contributed by atoms with Crippen LogP contribution in [-0.4, -0.2) is 43.3 Å². The molecule has 0 spiro atoms. The smallest absolute Gasteiger partial charge is 0.339 e. The lowest BCUT2D eigenvalue weighted by molar-refractivity contribution is 0.0237. The minimum atomic E-state index is -0.515. The second-order valence-corrected chi connectivity index (χ2v) is 5.81. The largest absolute Gasteiger partial charge is 0.474 e. The number of methoxy groups -OCH3 is 1. The van der Waals surface area contributed by atoms with E-state index in [1.165, 1.54) is 13.3 Å². The highest BCUT2D eigenvalue weighted by atomic mass is 16.5. The van der Waals surface area contributed by atoms with E-state index in [1.807, 2.05) is 0 Å². The summed E-state index contributed by atoms with van der Waals surface area (Å²) in [5.74, 6) is -0.408. The fraction of sp³-hybridized carbons (Fsp3) is 0.316. The van der Waals surface area contributed by atoms with Crippen LogP contribution < -0.4 is 10.1 Å². The van der Waals surface area contributed by atoms with Crippen molar-refractivity contribution in [2.45, 2.75) is 18.9 Å². The van der Waals surface area contributed by atoms with Crippen molar-refractivity contribution < 1.29 is 23.8 Å². The summed E-state index contributed by atoms with van der Waals surface area (Å²) in [5, 5.41) is 2.71. The SMILES string of the molecule is COC(=O)c1ccccc1NC(=O)c1ccc(OC2CCOCC2)nc1. The van der Waals surface area contributed by atoms with E-state index in [9.17, 15) is 9.59 Å². The van der Waals surface area contributed by atoms with Gasteiger partial charge in [-0.05, 0) is 18.2 Å². The summed E-state index contributed by atoms with van der Waals surface area (Å²) in [6.07, 6.45) is 3.19. The van der Waals surface area contributed by atoms with Gasteiger partial charge in [0.2, 0.25) is 5.88 Å². The van der Waals surface area contributed by atoms with Gasteiger partial charge in [0.05, 0.1) is 37.1 Å². The molecule has 0 aliphatic carbocycles. The van der Waals surface area contributed by atoms with Crippen LogP contribution in [0.3, 0.4) is 0 Å². The molecule has 2 aromatic rings. The van der Waals surface area contributed by atoms with Crippen LogP contribution in [0.5, 0.6) is 5.88 Å². The van der Waals surface area contributed by atoms with Crippen LogP contribution >= 0.6 is 0 Å². The Morgan fingerprint density at radius 2 is 1.92 bits per heavy atom. The fourth-order valence-electron chi connectivity index (χ4n) is 2.62. The van der Waals surface area contributed by atoms with Crippen molar-refractivity contribution in [3.8, 4) is 5.88 Å². The molecule has 0 atom stereocenters. The first kappa shape index (κ1) is 17.9. The van der Waals surface area contributed by atoms with Crippen LogP contribution in [-0.2, 0) is 9.47 Å². The van der Waals surface area contributed by atoms with Crippen molar-refractivity contribution in [3.05, 3.63) is 53.7 Å². The highest BCUT2D eigenvalue weighted by Crippen LogP contribution is 2.19. The molecule has 3 rings (SSSR count). The maximum Gasteiger partial charge on any atom is 0.339 e. The molecular weight excluding hydrogens is 336 g/mol. The van der Waals surface area contributed by atoms with E-state index in [0.717, 1.165) is 12.8 Å². The van der Waals surface area contributed by atoms with Crippen LogP contribution in [0.1, 0.15) is 33.6 Å². The number of benzene rings is 1. The maximum absolute atomic E-state index is 12.4. The summed E-state index contributed by atoms with van der Waals surface area (Å²) in [6.45, 7) is 1.37. The van der Waals surface area contributed by atoms with Crippen molar-refractivity contribution in [2.24, 2.45) is 0 Å². The van der Waals surface area contributed by atoms with Gasteiger partial charge in [-0.15, -0.1) is 0 Å². The van der Waals surface area contributed by atoms with Crippen molar-refractivity contribution in [1.82, 2.24) is 4.98 Å². The number of aromatic nitrogens is 1. The van der Waals surface area contributed by atoms with Gasteiger partial charge in [0.25, 0.3) is 5.91 Å². The molecule has 1 saturated heterocycles. The second kappa shape index (κ2) is 8.44. The Hall–Kier alpha value is -2.93. The number of anilines is 1. The lowest BCUT2D eigenvalue weighted by Gasteiger charge is -2.22. The van der Waals surface area contributed by atoms with Crippen LogP contribution in [0.2, 0.25) is 0 Å². The molecule has 0 bridgehead atoms. The molecule has 1 aliphatic rings. The summed E-state index contributed by atoms with van der Waals surface area (Å²) in [5.41, 5.74) is 1.03. The monoisotopic (exact) mass is 356 g/mol. The molecule has 0 radical (unpaired) electrons. The summed E-state index contributed by atoms with van der Waals surface area (Å²) >= 11 is 0. The fourth-order valence-corrected chi connectivity index (χ4v) is 2.62. The molecule has 7 heteroatoms. The molecule has 1 amide bonds. The Morgan fingerprint density at radius 1 is 1.15 bits per heavy atom. The Bertz CT molecular complexity index is 770. The Labute approximate surface area is 151 Å². The van der Waals surface area contributed by atoms with E-state index < -0.39 is 5.97 Å². The van der Waals surface area contributed by atoms with E-state index in [4.69, 9.17) is 14.2 Å². The average Bonchev–Trinajstić information content (AvgIpc) is 2.69. The molecule has 1 aromatic heterocycles. The molecule has 1 N–H and O–H groups in total. The van der Waals surface area contributed by atoms with Gasteiger partial charge in [-0.3, -0.25) is 4.79 Å². The quantitative estimate of drug-likeness (QED) is 0.829. The molecule has 136 valence electrons. The lowest BCUT2D eigenvalue weighted by Crippen LogP contribution is -2.26. The first-order valence-electron chi connectivity index (χ1n) is 8.36. The number of nitrogens with zero attached hydrogens (tertiary/aromatic N) is 1. The number of nitrogens with one attached hydrogen (secondary N) is 1. The van der Waals surface area contributed by atoms with E-state index in [1.54, 1.807) is 36.4 Å². The number of esters is 1. The molecule has 26 heavy (non-hydrogen) atoms. The molecule has 7 nitrogen and oxygen atoms in total. The predicted octanol–water partition coefficient (Wildman–Crippen LogP) is 2.68. The van der Waals surface area contributed by atoms with Crippen molar-refractivity contribution >= 4 is 17.6 Å². The molecule has 0 unspecified atom stereocenters. The van der Waals surface area contributed by atoms with Crippen molar-refractivity contribution in [1.29, 1.82) is 0 Å². The lowest BCUT2D eigenvalue weighted by atomic mass is 10.1. The minimum Gasteiger partial charge on any atom is -0.474 e. The molecule has 1 aliphatic heterocycles. The standard InChI is InChI=1S/C19H20N2O5/c1-24-19(23)15-4-2-3-5-16(15)21-18(22)13-6-7-17(20-12-13)26-14-8-10-25-11-9-14/h2-7,12,14H,8-11H2,1H3,(H,21,22). The van der Waals surface area contributed by atoms with Gasteiger partial charge in [0.15, 0.2) is 0 Å². The number of hydrogen-bond donors (Lipinski definition) is 1. The average molecular weight is 356 g/mol. The van der Waals surface area contributed by atoms with Gasteiger partial charge in [-0.1, -0.05) is 12.1 Å². The maximum atomic E-state index is 12.4. The highest BCUT2D eigenvalue weighted by molar-refractivity contribution is 6.07.